The van der Waals surface area contributed by atoms with Crippen molar-refractivity contribution in [1.29, 1.82) is 0 Å². The Labute approximate surface area is 174 Å². The fourth-order valence-corrected chi connectivity index (χ4v) is 3.58. The molecule has 0 saturated carbocycles. The third-order valence-electron chi connectivity index (χ3n) is 5.24. The predicted molar refractivity (Wildman–Crippen MR) is 113 cm³/mol. The molecule has 2 unspecified atom stereocenters. The molecule has 0 fully saturated rings. The molecule has 1 heterocycles. The summed E-state index contributed by atoms with van der Waals surface area (Å²) < 4.78 is 5.43. The van der Waals surface area contributed by atoms with Crippen LogP contribution in [0.15, 0.2) is 59.2 Å². The number of primary amides is 1. The molecule has 0 radical (unpaired) electrons. The van der Waals surface area contributed by atoms with Crippen molar-refractivity contribution in [2.24, 2.45) is 17.6 Å². The van der Waals surface area contributed by atoms with Gasteiger partial charge in [0.25, 0.3) is 5.91 Å². The number of hydrogen-bond donors (Lipinski definition) is 1. The van der Waals surface area contributed by atoms with Gasteiger partial charge in [-0.3, -0.25) is 19.2 Å². The Balaban J connectivity index is 1.84. The standard InChI is InChI=1S/C24H23NO5/c1-3-4-19(26)21(23(28)24(25)29)14(2)22(27)17-8-5-15(6-9-17)18-10-7-16-11-12-30-20(16)13-18/h5-14,21H,3-4H2,1-2H3,(H2,25,29). The number of fused-ring (bicyclic) bond motifs is 1. The number of hydrogen-bond acceptors (Lipinski definition) is 5. The van der Waals surface area contributed by atoms with E-state index >= 15 is 0 Å². The van der Waals surface area contributed by atoms with Crippen LogP contribution in [0, 0.1) is 11.8 Å². The largest absolute Gasteiger partial charge is 0.464 e. The second-order valence-corrected chi connectivity index (χ2v) is 7.33. The van der Waals surface area contributed by atoms with E-state index in [2.05, 4.69) is 0 Å². The lowest BCUT2D eigenvalue weighted by Crippen LogP contribution is -2.41. The molecule has 0 aliphatic heterocycles. The number of amides is 1. The molecular weight excluding hydrogens is 382 g/mol. The third-order valence-corrected chi connectivity index (χ3v) is 5.24. The van der Waals surface area contributed by atoms with E-state index in [1.165, 1.54) is 6.92 Å². The summed E-state index contributed by atoms with van der Waals surface area (Å²) in [4.78, 5) is 48.9. The first-order chi connectivity index (χ1) is 14.3. The van der Waals surface area contributed by atoms with Gasteiger partial charge in [0.1, 0.15) is 11.4 Å². The summed E-state index contributed by atoms with van der Waals surface area (Å²) in [5, 5.41) is 1.00. The summed E-state index contributed by atoms with van der Waals surface area (Å²) in [7, 11) is 0. The molecule has 6 nitrogen and oxygen atoms in total. The zero-order chi connectivity index (χ0) is 21.8. The van der Waals surface area contributed by atoms with E-state index in [0.717, 1.165) is 22.1 Å². The maximum absolute atomic E-state index is 12.9. The summed E-state index contributed by atoms with van der Waals surface area (Å²) in [6.07, 6.45) is 2.24. The lowest BCUT2D eigenvalue weighted by atomic mass is 9.80. The van der Waals surface area contributed by atoms with E-state index < -0.39 is 29.3 Å². The number of rotatable bonds is 9. The Kier molecular flexibility index (Phi) is 6.26. The summed E-state index contributed by atoms with van der Waals surface area (Å²) in [5.41, 5.74) is 8.06. The average Bonchev–Trinajstić information content (AvgIpc) is 3.21. The van der Waals surface area contributed by atoms with Crippen LogP contribution < -0.4 is 5.73 Å². The lowest BCUT2D eigenvalue weighted by molar-refractivity contribution is -0.143. The van der Waals surface area contributed by atoms with Gasteiger partial charge in [-0.25, -0.2) is 0 Å². The zero-order valence-corrected chi connectivity index (χ0v) is 16.9. The van der Waals surface area contributed by atoms with E-state index in [-0.39, 0.29) is 12.2 Å². The number of furan rings is 1. The van der Waals surface area contributed by atoms with Crippen molar-refractivity contribution in [3.8, 4) is 11.1 Å². The topological polar surface area (TPSA) is 107 Å². The minimum Gasteiger partial charge on any atom is -0.464 e. The maximum atomic E-state index is 12.9. The third kappa shape index (κ3) is 4.22. The molecule has 1 aromatic heterocycles. The summed E-state index contributed by atoms with van der Waals surface area (Å²) in [6, 6.07) is 14.6. The van der Waals surface area contributed by atoms with Gasteiger partial charge in [0.05, 0.1) is 12.2 Å². The minimum atomic E-state index is -1.35. The molecule has 0 spiro atoms. The van der Waals surface area contributed by atoms with Crippen molar-refractivity contribution in [3.05, 3.63) is 60.4 Å². The van der Waals surface area contributed by atoms with Crippen LogP contribution in [0.25, 0.3) is 22.1 Å². The van der Waals surface area contributed by atoms with Gasteiger partial charge >= 0.3 is 0 Å². The van der Waals surface area contributed by atoms with Gasteiger partial charge in [-0.15, -0.1) is 0 Å². The number of carbonyl (C=O) groups excluding carboxylic acids is 4. The highest BCUT2D eigenvalue weighted by Crippen LogP contribution is 2.27. The van der Waals surface area contributed by atoms with Gasteiger partial charge in [-0.2, -0.15) is 0 Å². The van der Waals surface area contributed by atoms with Crippen molar-refractivity contribution < 1.29 is 23.6 Å². The van der Waals surface area contributed by atoms with Gasteiger partial charge in [-0.1, -0.05) is 50.2 Å². The van der Waals surface area contributed by atoms with Crippen molar-refractivity contribution in [3.63, 3.8) is 0 Å². The monoisotopic (exact) mass is 405 g/mol. The molecule has 3 aromatic rings. The van der Waals surface area contributed by atoms with Crippen LogP contribution in [-0.2, 0) is 14.4 Å². The number of Topliss-reactive ketones (excluding diaryl/α,β-unsaturated/α-hetero) is 3. The van der Waals surface area contributed by atoms with Crippen LogP contribution in [0.2, 0.25) is 0 Å². The molecular formula is C24H23NO5. The Morgan fingerprint density at radius 1 is 0.967 bits per heavy atom. The molecule has 2 N–H and O–H groups in total. The number of nitrogens with two attached hydrogens (primary N) is 1. The zero-order valence-electron chi connectivity index (χ0n) is 16.9. The molecule has 0 aliphatic rings. The SMILES string of the molecule is CCCC(=O)C(C(=O)C(N)=O)C(C)C(=O)c1ccc(-c2ccc3ccoc3c2)cc1. The Morgan fingerprint density at radius 3 is 2.27 bits per heavy atom. The van der Waals surface area contributed by atoms with Crippen LogP contribution in [0.5, 0.6) is 0 Å². The van der Waals surface area contributed by atoms with E-state index in [9.17, 15) is 19.2 Å². The first kappa shape index (κ1) is 21.2. The molecule has 0 saturated heterocycles. The van der Waals surface area contributed by atoms with Crippen LogP contribution in [0.1, 0.15) is 37.0 Å². The smallest absolute Gasteiger partial charge is 0.285 e. The fourth-order valence-electron chi connectivity index (χ4n) is 3.58. The van der Waals surface area contributed by atoms with E-state index in [4.69, 9.17) is 10.2 Å². The molecule has 2 atom stereocenters. The first-order valence-electron chi connectivity index (χ1n) is 9.81. The van der Waals surface area contributed by atoms with Crippen LogP contribution in [-0.4, -0.2) is 23.3 Å². The van der Waals surface area contributed by atoms with E-state index in [1.807, 2.05) is 24.3 Å². The highest BCUT2D eigenvalue weighted by molar-refractivity contribution is 6.40. The first-order valence-corrected chi connectivity index (χ1v) is 9.81. The van der Waals surface area contributed by atoms with Gasteiger partial charge in [0.15, 0.2) is 5.78 Å². The molecule has 0 bridgehead atoms. The molecule has 6 heteroatoms. The molecule has 1 amide bonds. The number of ketones is 3. The number of carbonyl (C=O) groups is 4. The van der Waals surface area contributed by atoms with Crippen LogP contribution in [0.4, 0.5) is 0 Å². The van der Waals surface area contributed by atoms with Gasteiger partial charge in [-0.05, 0) is 29.7 Å². The molecule has 30 heavy (non-hydrogen) atoms. The highest BCUT2D eigenvalue weighted by Gasteiger charge is 2.38. The summed E-state index contributed by atoms with van der Waals surface area (Å²) in [5.74, 6) is -5.37. The van der Waals surface area contributed by atoms with E-state index in [1.54, 1.807) is 37.5 Å². The lowest BCUT2D eigenvalue weighted by Gasteiger charge is -2.19. The normalized spacial score (nSPS) is 13.0. The Hall–Kier alpha value is -3.54. The quantitative estimate of drug-likeness (QED) is 0.329. The second-order valence-electron chi connectivity index (χ2n) is 7.33. The highest BCUT2D eigenvalue weighted by atomic mass is 16.3. The van der Waals surface area contributed by atoms with Crippen molar-refractivity contribution in [1.82, 2.24) is 0 Å². The maximum Gasteiger partial charge on any atom is 0.285 e. The molecule has 2 aromatic carbocycles. The van der Waals surface area contributed by atoms with Gasteiger partial charge < -0.3 is 10.2 Å². The summed E-state index contributed by atoms with van der Waals surface area (Å²) >= 11 is 0. The minimum absolute atomic E-state index is 0.107. The summed E-state index contributed by atoms with van der Waals surface area (Å²) in [6.45, 7) is 3.27. The Morgan fingerprint density at radius 2 is 1.63 bits per heavy atom. The average molecular weight is 405 g/mol. The molecule has 154 valence electrons. The van der Waals surface area contributed by atoms with Gasteiger partial charge in [0, 0.05) is 23.3 Å². The van der Waals surface area contributed by atoms with Gasteiger partial charge in [0.2, 0.25) is 5.78 Å². The van der Waals surface area contributed by atoms with Crippen LogP contribution in [0.3, 0.4) is 0 Å². The van der Waals surface area contributed by atoms with Crippen LogP contribution >= 0.6 is 0 Å². The molecule has 0 aliphatic carbocycles. The van der Waals surface area contributed by atoms with Crippen molar-refractivity contribution >= 4 is 34.2 Å². The Bertz CT molecular complexity index is 1110. The fraction of sp³-hybridized carbons (Fsp3) is 0.250. The second kappa shape index (κ2) is 8.86. The number of benzene rings is 2. The van der Waals surface area contributed by atoms with E-state index in [0.29, 0.717) is 12.0 Å². The molecule has 3 rings (SSSR count). The predicted octanol–water partition coefficient (Wildman–Crippen LogP) is 3.96. The van der Waals surface area contributed by atoms with Crippen molar-refractivity contribution in [2.75, 3.05) is 0 Å². The van der Waals surface area contributed by atoms with Crippen molar-refractivity contribution in [2.45, 2.75) is 26.7 Å².